The molecule has 78 valence electrons. The van der Waals surface area contributed by atoms with E-state index in [0.29, 0.717) is 18.6 Å². The Kier molecular flexibility index (Phi) is 3.44. The molecule has 0 fully saturated rings. The molecule has 1 aromatic rings. The number of carbonyl (C=O) groups is 1. The third-order valence-electron chi connectivity index (χ3n) is 2.71. The van der Waals surface area contributed by atoms with E-state index in [-0.39, 0.29) is 0 Å². The van der Waals surface area contributed by atoms with E-state index in [0.717, 1.165) is 12.1 Å². The molecule has 3 heteroatoms. The zero-order chi connectivity index (χ0) is 10.7. The maximum absolute atomic E-state index is 11.2. The van der Waals surface area contributed by atoms with Crippen LogP contribution >= 0.6 is 0 Å². The second kappa shape index (κ2) is 4.40. The molecular weight excluding hydrogens is 176 g/mol. The number of rotatable bonds is 4. The third-order valence-corrected chi connectivity index (χ3v) is 2.71. The van der Waals surface area contributed by atoms with E-state index >= 15 is 0 Å². The number of aromatic nitrogens is 2. The second-order valence-corrected chi connectivity index (χ2v) is 3.67. The molecule has 0 aromatic carbocycles. The molecule has 0 spiro atoms. The van der Waals surface area contributed by atoms with Gasteiger partial charge in [-0.1, -0.05) is 6.92 Å². The van der Waals surface area contributed by atoms with Crippen LogP contribution in [-0.2, 0) is 18.3 Å². The normalized spacial score (nSPS) is 10.6. The highest BCUT2D eigenvalue weighted by atomic mass is 16.1. The standard InChI is InChI=1S/C11H18N2O/c1-5-10(14)6-7-11-8(2)12-13(4)9(11)3/h5-7H2,1-4H3. The summed E-state index contributed by atoms with van der Waals surface area (Å²) in [6.45, 7) is 5.95. The van der Waals surface area contributed by atoms with Gasteiger partial charge < -0.3 is 0 Å². The van der Waals surface area contributed by atoms with Crippen LogP contribution in [0, 0.1) is 13.8 Å². The van der Waals surface area contributed by atoms with E-state index in [1.54, 1.807) is 0 Å². The lowest BCUT2D eigenvalue weighted by Gasteiger charge is -2.00. The van der Waals surface area contributed by atoms with Gasteiger partial charge in [-0.3, -0.25) is 9.48 Å². The molecule has 0 atom stereocenters. The van der Waals surface area contributed by atoms with Crippen molar-refractivity contribution in [3.05, 3.63) is 17.0 Å². The molecule has 0 saturated carbocycles. The lowest BCUT2D eigenvalue weighted by molar-refractivity contribution is -0.118. The predicted octanol–water partition coefficient (Wildman–Crippen LogP) is 1.95. The van der Waals surface area contributed by atoms with Crippen molar-refractivity contribution >= 4 is 5.78 Å². The maximum atomic E-state index is 11.2. The fraction of sp³-hybridized carbons (Fsp3) is 0.636. The number of ketones is 1. The van der Waals surface area contributed by atoms with Crippen LogP contribution in [0.15, 0.2) is 0 Å². The van der Waals surface area contributed by atoms with Crippen molar-refractivity contribution in [1.82, 2.24) is 9.78 Å². The molecule has 0 aliphatic heterocycles. The Balaban J connectivity index is 2.71. The summed E-state index contributed by atoms with van der Waals surface area (Å²) in [4.78, 5) is 11.2. The van der Waals surface area contributed by atoms with Crippen molar-refractivity contribution < 1.29 is 4.79 Å². The van der Waals surface area contributed by atoms with E-state index in [4.69, 9.17) is 0 Å². The summed E-state index contributed by atoms with van der Waals surface area (Å²) in [6.07, 6.45) is 2.11. The topological polar surface area (TPSA) is 34.9 Å². The van der Waals surface area contributed by atoms with E-state index in [1.165, 1.54) is 11.3 Å². The Morgan fingerprint density at radius 3 is 2.50 bits per heavy atom. The summed E-state index contributed by atoms with van der Waals surface area (Å²) in [7, 11) is 1.94. The minimum atomic E-state index is 0.327. The summed E-state index contributed by atoms with van der Waals surface area (Å²) >= 11 is 0. The Bertz CT molecular complexity index is 339. The van der Waals surface area contributed by atoms with Crippen molar-refractivity contribution in [3.63, 3.8) is 0 Å². The molecular formula is C11H18N2O. The third kappa shape index (κ3) is 2.22. The molecule has 1 aromatic heterocycles. The Hall–Kier alpha value is -1.12. The van der Waals surface area contributed by atoms with Crippen LogP contribution in [0.4, 0.5) is 0 Å². The first kappa shape index (κ1) is 11.0. The van der Waals surface area contributed by atoms with Crippen LogP contribution in [0.5, 0.6) is 0 Å². The summed E-state index contributed by atoms with van der Waals surface area (Å²) < 4.78 is 1.88. The first-order valence-electron chi connectivity index (χ1n) is 5.07. The molecule has 0 radical (unpaired) electrons. The van der Waals surface area contributed by atoms with Gasteiger partial charge >= 0.3 is 0 Å². The number of Topliss-reactive ketones (excluding diaryl/α,β-unsaturated/α-hetero) is 1. The average Bonchev–Trinajstić information content (AvgIpc) is 2.39. The zero-order valence-electron chi connectivity index (χ0n) is 9.42. The average molecular weight is 194 g/mol. The molecule has 14 heavy (non-hydrogen) atoms. The summed E-state index contributed by atoms with van der Waals surface area (Å²) in [6, 6.07) is 0. The Labute approximate surface area is 85.1 Å². The Morgan fingerprint density at radius 2 is 2.07 bits per heavy atom. The molecule has 0 unspecified atom stereocenters. The van der Waals surface area contributed by atoms with Gasteiger partial charge in [0.2, 0.25) is 0 Å². The monoisotopic (exact) mass is 194 g/mol. The fourth-order valence-electron chi connectivity index (χ4n) is 1.62. The lowest BCUT2D eigenvalue weighted by atomic mass is 10.1. The SMILES string of the molecule is CCC(=O)CCc1c(C)nn(C)c1C. The largest absolute Gasteiger partial charge is 0.300 e. The van der Waals surface area contributed by atoms with Crippen molar-refractivity contribution in [3.8, 4) is 0 Å². The van der Waals surface area contributed by atoms with Gasteiger partial charge in [0.05, 0.1) is 5.69 Å². The van der Waals surface area contributed by atoms with Gasteiger partial charge in [-0.05, 0) is 25.8 Å². The molecule has 3 nitrogen and oxygen atoms in total. The quantitative estimate of drug-likeness (QED) is 0.734. The minimum Gasteiger partial charge on any atom is -0.300 e. The minimum absolute atomic E-state index is 0.327. The molecule has 1 heterocycles. The molecule has 0 saturated heterocycles. The van der Waals surface area contributed by atoms with E-state index in [1.807, 2.05) is 32.5 Å². The van der Waals surface area contributed by atoms with Gasteiger partial charge in [-0.2, -0.15) is 5.10 Å². The van der Waals surface area contributed by atoms with E-state index in [2.05, 4.69) is 5.10 Å². The van der Waals surface area contributed by atoms with Crippen LogP contribution in [0.25, 0.3) is 0 Å². The molecule has 0 aliphatic carbocycles. The first-order valence-corrected chi connectivity index (χ1v) is 5.07. The summed E-state index contributed by atoms with van der Waals surface area (Å²) in [5.74, 6) is 0.327. The highest BCUT2D eigenvalue weighted by Gasteiger charge is 2.10. The summed E-state index contributed by atoms with van der Waals surface area (Å²) in [5.41, 5.74) is 3.45. The first-order chi connectivity index (χ1) is 6.56. The van der Waals surface area contributed by atoms with Gasteiger partial charge in [0.25, 0.3) is 0 Å². The van der Waals surface area contributed by atoms with Crippen LogP contribution < -0.4 is 0 Å². The van der Waals surface area contributed by atoms with Gasteiger partial charge in [0.1, 0.15) is 5.78 Å². The molecule has 0 N–H and O–H groups in total. The number of carbonyl (C=O) groups excluding carboxylic acids is 1. The molecule has 0 aliphatic rings. The van der Waals surface area contributed by atoms with Crippen molar-refractivity contribution in [1.29, 1.82) is 0 Å². The second-order valence-electron chi connectivity index (χ2n) is 3.67. The van der Waals surface area contributed by atoms with E-state index < -0.39 is 0 Å². The van der Waals surface area contributed by atoms with Gasteiger partial charge in [0.15, 0.2) is 0 Å². The zero-order valence-corrected chi connectivity index (χ0v) is 9.42. The number of aryl methyl sites for hydroxylation is 2. The molecule has 0 bridgehead atoms. The smallest absolute Gasteiger partial charge is 0.132 e. The van der Waals surface area contributed by atoms with Crippen LogP contribution in [0.3, 0.4) is 0 Å². The number of nitrogens with zero attached hydrogens (tertiary/aromatic N) is 2. The summed E-state index contributed by atoms with van der Waals surface area (Å²) in [5, 5.41) is 4.32. The van der Waals surface area contributed by atoms with Gasteiger partial charge in [0, 0.05) is 25.6 Å². The highest BCUT2D eigenvalue weighted by molar-refractivity contribution is 5.78. The van der Waals surface area contributed by atoms with Gasteiger partial charge in [-0.15, -0.1) is 0 Å². The number of hydrogen-bond acceptors (Lipinski definition) is 2. The van der Waals surface area contributed by atoms with E-state index in [9.17, 15) is 4.79 Å². The van der Waals surface area contributed by atoms with Gasteiger partial charge in [-0.25, -0.2) is 0 Å². The number of hydrogen-bond donors (Lipinski definition) is 0. The van der Waals surface area contributed by atoms with Crippen molar-refractivity contribution in [2.45, 2.75) is 40.0 Å². The Morgan fingerprint density at radius 1 is 1.43 bits per heavy atom. The molecule has 0 amide bonds. The lowest BCUT2D eigenvalue weighted by Crippen LogP contribution is -2.00. The fourth-order valence-corrected chi connectivity index (χ4v) is 1.62. The highest BCUT2D eigenvalue weighted by Crippen LogP contribution is 2.14. The van der Waals surface area contributed by atoms with Crippen molar-refractivity contribution in [2.75, 3.05) is 0 Å². The predicted molar refractivity (Wildman–Crippen MR) is 56.3 cm³/mol. The van der Waals surface area contributed by atoms with Crippen LogP contribution in [0.1, 0.15) is 36.7 Å². The van der Waals surface area contributed by atoms with Crippen LogP contribution in [-0.4, -0.2) is 15.6 Å². The molecule has 1 rings (SSSR count). The van der Waals surface area contributed by atoms with Crippen molar-refractivity contribution in [2.24, 2.45) is 7.05 Å². The van der Waals surface area contributed by atoms with Crippen LogP contribution in [0.2, 0.25) is 0 Å². The maximum Gasteiger partial charge on any atom is 0.132 e.